The highest BCUT2D eigenvalue weighted by Crippen LogP contribution is 2.24. The second kappa shape index (κ2) is 9.66. The van der Waals surface area contributed by atoms with Crippen LogP contribution in [0.3, 0.4) is 0 Å². The number of hydrogen-bond acceptors (Lipinski definition) is 5. The fourth-order valence-corrected chi connectivity index (χ4v) is 1.48. The van der Waals surface area contributed by atoms with Crippen molar-refractivity contribution in [2.24, 2.45) is 16.7 Å². The van der Waals surface area contributed by atoms with Gasteiger partial charge < -0.3 is 25.5 Å². The molecule has 0 aromatic carbocycles. The Balaban J connectivity index is 0. The molecule has 0 saturated heterocycles. The van der Waals surface area contributed by atoms with Crippen LogP contribution in [0.4, 0.5) is 0 Å². The second-order valence-electron chi connectivity index (χ2n) is 6.16. The van der Waals surface area contributed by atoms with Crippen molar-refractivity contribution < 1.29 is 25.5 Å². The van der Waals surface area contributed by atoms with E-state index in [9.17, 15) is 5.11 Å². The quantitative estimate of drug-likeness (QED) is 0.464. The molecule has 19 heavy (non-hydrogen) atoms. The van der Waals surface area contributed by atoms with E-state index in [2.05, 4.69) is 0 Å². The Morgan fingerprint density at radius 3 is 1.26 bits per heavy atom. The molecule has 5 heteroatoms. The van der Waals surface area contributed by atoms with Crippen molar-refractivity contribution in [1.29, 1.82) is 0 Å². The highest BCUT2D eigenvalue weighted by molar-refractivity contribution is 4.78. The standard InChI is InChI=1S/C8H18O2.C6H14O3/c1-6(2)7(10)8(3,4)5-9;1-2-6(3-7,4-8)5-9/h6-7,9-10H,5H2,1-4H3;7-9H,2-5H2,1H3. The molecule has 0 aromatic rings. The summed E-state index contributed by atoms with van der Waals surface area (Å²) < 4.78 is 0. The van der Waals surface area contributed by atoms with Gasteiger partial charge in [-0.2, -0.15) is 0 Å². The van der Waals surface area contributed by atoms with E-state index in [1.807, 2.05) is 34.6 Å². The van der Waals surface area contributed by atoms with Crippen LogP contribution in [0.1, 0.15) is 41.0 Å². The number of rotatable bonds is 7. The molecule has 0 fully saturated rings. The summed E-state index contributed by atoms with van der Waals surface area (Å²) >= 11 is 0. The van der Waals surface area contributed by atoms with Gasteiger partial charge in [-0.05, 0) is 12.3 Å². The van der Waals surface area contributed by atoms with Crippen LogP contribution in [0.15, 0.2) is 0 Å². The largest absolute Gasteiger partial charge is 0.396 e. The first kappa shape index (κ1) is 21.1. The Labute approximate surface area is 116 Å². The summed E-state index contributed by atoms with van der Waals surface area (Å²) in [6, 6.07) is 0. The number of hydrogen-bond donors (Lipinski definition) is 5. The van der Waals surface area contributed by atoms with E-state index in [0.717, 1.165) is 0 Å². The van der Waals surface area contributed by atoms with Crippen molar-refractivity contribution >= 4 is 0 Å². The molecule has 0 heterocycles. The highest BCUT2D eigenvalue weighted by atomic mass is 16.3. The van der Waals surface area contributed by atoms with Gasteiger partial charge in [0.15, 0.2) is 0 Å². The molecule has 0 aromatic heterocycles. The zero-order valence-electron chi connectivity index (χ0n) is 12.9. The summed E-state index contributed by atoms with van der Waals surface area (Å²) in [7, 11) is 0. The fourth-order valence-electron chi connectivity index (χ4n) is 1.48. The first-order valence-electron chi connectivity index (χ1n) is 6.77. The predicted octanol–water partition coefficient (Wildman–Crippen LogP) is 0.381. The van der Waals surface area contributed by atoms with E-state index in [1.165, 1.54) is 0 Å². The van der Waals surface area contributed by atoms with Crippen LogP contribution in [-0.2, 0) is 0 Å². The molecular formula is C14H32O5. The van der Waals surface area contributed by atoms with Crippen LogP contribution >= 0.6 is 0 Å². The van der Waals surface area contributed by atoms with Gasteiger partial charge >= 0.3 is 0 Å². The van der Waals surface area contributed by atoms with E-state index in [-0.39, 0.29) is 37.8 Å². The monoisotopic (exact) mass is 280 g/mol. The van der Waals surface area contributed by atoms with E-state index in [0.29, 0.717) is 6.42 Å². The fraction of sp³-hybridized carbons (Fsp3) is 1.00. The summed E-state index contributed by atoms with van der Waals surface area (Å²) in [6.45, 7) is 9.00. The van der Waals surface area contributed by atoms with Crippen molar-refractivity contribution in [2.45, 2.75) is 47.1 Å². The summed E-state index contributed by atoms with van der Waals surface area (Å²) in [4.78, 5) is 0. The zero-order valence-corrected chi connectivity index (χ0v) is 12.9. The van der Waals surface area contributed by atoms with Gasteiger partial charge in [-0.15, -0.1) is 0 Å². The molecule has 0 rings (SSSR count). The Bertz CT molecular complexity index is 194. The highest BCUT2D eigenvalue weighted by Gasteiger charge is 2.29. The summed E-state index contributed by atoms with van der Waals surface area (Å²) in [5.74, 6) is 0.210. The Hall–Kier alpha value is -0.200. The first-order chi connectivity index (χ1) is 8.66. The summed E-state index contributed by atoms with van der Waals surface area (Å²) in [6.07, 6.45) is 0.175. The first-order valence-corrected chi connectivity index (χ1v) is 6.77. The van der Waals surface area contributed by atoms with Crippen LogP contribution in [0.25, 0.3) is 0 Å². The summed E-state index contributed by atoms with van der Waals surface area (Å²) in [5.41, 5.74) is -1.03. The molecule has 0 aliphatic carbocycles. The molecule has 0 bridgehead atoms. The van der Waals surface area contributed by atoms with Gasteiger partial charge in [-0.3, -0.25) is 0 Å². The van der Waals surface area contributed by atoms with Gasteiger partial charge in [0.1, 0.15) is 0 Å². The SMILES string of the molecule is CC(C)C(O)C(C)(C)CO.CCC(CO)(CO)CO. The van der Waals surface area contributed by atoms with Crippen molar-refractivity contribution in [3.63, 3.8) is 0 Å². The van der Waals surface area contributed by atoms with Crippen molar-refractivity contribution in [1.82, 2.24) is 0 Å². The lowest BCUT2D eigenvalue weighted by Crippen LogP contribution is -2.36. The average Bonchev–Trinajstić information content (AvgIpc) is 2.41. The van der Waals surface area contributed by atoms with Crippen molar-refractivity contribution in [2.75, 3.05) is 26.4 Å². The van der Waals surface area contributed by atoms with Crippen molar-refractivity contribution in [3.05, 3.63) is 0 Å². The molecule has 5 nitrogen and oxygen atoms in total. The smallest absolute Gasteiger partial charge is 0.0635 e. The van der Waals surface area contributed by atoms with Crippen molar-refractivity contribution in [3.8, 4) is 0 Å². The lowest BCUT2D eigenvalue weighted by molar-refractivity contribution is -0.0204. The maximum Gasteiger partial charge on any atom is 0.0635 e. The Kier molecular flexibility index (Phi) is 10.7. The molecule has 1 unspecified atom stereocenters. The molecule has 0 aliphatic heterocycles. The topological polar surface area (TPSA) is 101 Å². The Morgan fingerprint density at radius 2 is 1.21 bits per heavy atom. The third-order valence-electron chi connectivity index (χ3n) is 3.60. The van der Waals surface area contributed by atoms with E-state index in [4.69, 9.17) is 20.4 Å². The molecule has 5 N–H and O–H groups in total. The van der Waals surface area contributed by atoms with Gasteiger partial charge in [-0.1, -0.05) is 34.6 Å². The molecule has 0 saturated carbocycles. The van der Waals surface area contributed by atoms with Gasteiger partial charge in [0.25, 0.3) is 0 Å². The minimum atomic E-state index is -0.667. The lowest BCUT2D eigenvalue weighted by atomic mass is 9.82. The third kappa shape index (κ3) is 7.22. The maximum atomic E-state index is 9.49. The van der Waals surface area contributed by atoms with E-state index < -0.39 is 11.5 Å². The van der Waals surface area contributed by atoms with Crippen LogP contribution < -0.4 is 0 Å². The van der Waals surface area contributed by atoms with Crippen LogP contribution in [0, 0.1) is 16.7 Å². The number of aliphatic hydroxyl groups excluding tert-OH is 5. The third-order valence-corrected chi connectivity index (χ3v) is 3.60. The predicted molar refractivity (Wildman–Crippen MR) is 75.7 cm³/mol. The molecule has 0 radical (unpaired) electrons. The molecule has 0 aliphatic rings. The molecule has 1 atom stereocenters. The molecule has 118 valence electrons. The molecule has 0 amide bonds. The minimum Gasteiger partial charge on any atom is -0.396 e. The molecule has 0 spiro atoms. The normalized spacial score (nSPS) is 14.1. The Morgan fingerprint density at radius 1 is 0.842 bits per heavy atom. The van der Waals surface area contributed by atoms with Gasteiger partial charge in [0.2, 0.25) is 0 Å². The van der Waals surface area contributed by atoms with E-state index >= 15 is 0 Å². The maximum absolute atomic E-state index is 9.49. The van der Waals surface area contributed by atoms with Gasteiger partial charge in [0, 0.05) is 10.8 Å². The van der Waals surface area contributed by atoms with E-state index in [1.54, 1.807) is 0 Å². The number of aliphatic hydroxyl groups is 5. The zero-order chi connectivity index (χ0) is 15.7. The minimum absolute atomic E-state index is 0.0341. The summed E-state index contributed by atoms with van der Waals surface area (Å²) in [5, 5.41) is 44.3. The van der Waals surface area contributed by atoms with Gasteiger partial charge in [-0.25, -0.2) is 0 Å². The average molecular weight is 280 g/mol. The van der Waals surface area contributed by atoms with Crippen LogP contribution in [0.5, 0.6) is 0 Å². The van der Waals surface area contributed by atoms with Crippen LogP contribution in [-0.4, -0.2) is 58.1 Å². The second-order valence-corrected chi connectivity index (χ2v) is 6.16. The van der Waals surface area contributed by atoms with Crippen LogP contribution in [0.2, 0.25) is 0 Å². The van der Waals surface area contributed by atoms with Gasteiger partial charge in [0.05, 0.1) is 32.5 Å². The molecular weight excluding hydrogens is 248 g/mol. The lowest BCUT2D eigenvalue weighted by Gasteiger charge is -2.30.